The van der Waals surface area contributed by atoms with Gasteiger partial charge < -0.3 is 10.3 Å². The molecule has 21 heavy (non-hydrogen) atoms. The minimum absolute atomic E-state index is 0.148. The quantitative estimate of drug-likeness (QED) is 0.735. The van der Waals surface area contributed by atoms with Crippen LogP contribution < -0.4 is 11.3 Å². The molecule has 0 saturated heterocycles. The Bertz CT molecular complexity index is 886. The number of hydrogen-bond donors (Lipinski definition) is 1. The summed E-state index contributed by atoms with van der Waals surface area (Å²) >= 11 is 0. The number of fused-ring (bicyclic) bond motifs is 1. The van der Waals surface area contributed by atoms with Crippen molar-refractivity contribution in [3.05, 3.63) is 69.9 Å². The minimum atomic E-state index is -0.416. The van der Waals surface area contributed by atoms with E-state index in [4.69, 9.17) is 5.73 Å². The van der Waals surface area contributed by atoms with Crippen molar-refractivity contribution in [2.45, 2.75) is 13.5 Å². The number of aryl methyl sites for hydroxylation is 1. The number of para-hydroxylation sites is 2. The number of anilines is 1. The summed E-state index contributed by atoms with van der Waals surface area (Å²) in [6.45, 7) is 1.80. The molecule has 0 fully saturated rings. The molecular weight excluding hydrogens is 269 g/mol. The Balaban J connectivity index is 2.20. The molecule has 3 aromatic rings. The molecule has 1 aromatic heterocycles. The van der Waals surface area contributed by atoms with Crippen molar-refractivity contribution in [3.8, 4) is 0 Å². The summed E-state index contributed by atoms with van der Waals surface area (Å²) < 4.78 is 15.5. The van der Waals surface area contributed by atoms with Crippen molar-refractivity contribution in [1.82, 2.24) is 9.55 Å². The molecule has 1 heterocycles. The number of nitrogens with zero attached hydrogens (tertiary/aromatic N) is 2. The van der Waals surface area contributed by atoms with E-state index in [1.807, 2.05) is 18.2 Å². The molecule has 0 bridgehead atoms. The molecule has 4 nitrogen and oxygen atoms in total. The number of rotatable bonds is 2. The number of nitrogen functional groups attached to an aromatic ring is 1. The normalized spacial score (nSPS) is 11.0. The molecule has 0 aliphatic carbocycles. The summed E-state index contributed by atoms with van der Waals surface area (Å²) in [4.78, 5) is 16.6. The largest absolute Gasteiger partial charge is 0.399 e. The average molecular weight is 283 g/mol. The van der Waals surface area contributed by atoms with E-state index in [2.05, 4.69) is 4.98 Å². The van der Waals surface area contributed by atoms with Crippen LogP contribution in [0.3, 0.4) is 0 Å². The predicted octanol–water partition coefficient (Wildman–Crippen LogP) is 2.47. The first-order valence-electron chi connectivity index (χ1n) is 6.56. The number of nitrogens with two attached hydrogens (primary N) is 1. The van der Waals surface area contributed by atoms with Gasteiger partial charge in [-0.1, -0.05) is 18.2 Å². The highest BCUT2D eigenvalue weighted by molar-refractivity contribution is 5.74. The Labute approximate surface area is 120 Å². The Morgan fingerprint density at radius 1 is 1.24 bits per heavy atom. The second-order valence-corrected chi connectivity index (χ2v) is 4.93. The summed E-state index contributed by atoms with van der Waals surface area (Å²) in [5.41, 5.74) is 7.90. The van der Waals surface area contributed by atoms with E-state index in [1.165, 1.54) is 10.6 Å². The zero-order valence-electron chi connectivity index (χ0n) is 11.5. The molecule has 0 saturated carbocycles. The molecule has 0 unspecified atom stereocenters. The number of aromatic nitrogens is 2. The van der Waals surface area contributed by atoms with Crippen molar-refractivity contribution in [1.29, 1.82) is 0 Å². The fourth-order valence-electron chi connectivity index (χ4n) is 2.34. The fraction of sp³-hybridized carbons (Fsp3) is 0.125. The van der Waals surface area contributed by atoms with Crippen LogP contribution in [-0.2, 0) is 6.54 Å². The van der Waals surface area contributed by atoms with E-state index in [1.54, 1.807) is 25.1 Å². The lowest BCUT2D eigenvalue weighted by molar-refractivity contribution is 0.599. The number of benzene rings is 2. The van der Waals surface area contributed by atoms with Gasteiger partial charge in [-0.2, -0.15) is 0 Å². The molecule has 0 aliphatic heterocycles. The monoisotopic (exact) mass is 283 g/mol. The Hall–Kier alpha value is -2.69. The summed E-state index contributed by atoms with van der Waals surface area (Å²) in [6.07, 6.45) is 0. The zero-order valence-corrected chi connectivity index (χ0v) is 11.5. The first-order valence-corrected chi connectivity index (χ1v) is 6.56. The van der Waals surface area contributed by atoms with Crippen LogP contribution >= 0.6 is 0 Å². The molecular formula is C16H14FN3O. The van der Waals surface area contributed by atoms with Crippen molar-refractivity contribution < 1.29 is 4.39 Å². The molecule has 0 atom stereocenters. The second-order valence-electron chi connectivity index (χ2n) is 4.93. The van der Waals surface area contributed by atoms with Crippen LogP contribution in [0.2, 0.25) is 0 Å². The van der Waals surface area contributed by atoms with E-state index in [0.29, 0.717) is 28.0 Å². The van der Waals surface area contributed by atoms with Crippen LogP contribution in [0.15, 0.2) is 47.3 Å². The van der Waals surface area contributed by atoms with Crippen molar-refractivity contribution in [2.24, 2.45) is 0 Å². The Morgan fingerprint density at radius 2 is 2.00 bits per heavy atom. The van der Waals surface area contributed by atoms with Gasteiger partial charge in [0.2, 0.25) is 0 Å². The van der Waals surface area contributed by atoms with Crippen molar-refractivity contribution in [3.63, 3.8) is 0 Å². The highest BCUT2D eigenvalue weighted by Crippen LogP contribution is 2.16. The van der Waals surface area contributed by atoms with Gasteiger partial charge in [-0.3, -0.25) is 4.79 Å². The van der Waals surface area contributed by atoms with Gasteiger partial charge >= 0.3 is 0 Å². The maximum atomic E-state index is 14.0. The maximum absolute atomic E-state index is 14.0. The Morgan fingerprint density at radius 3 is 2.76 bits per heavy atom. The van der Waals surface area contributed by atoms with Crippen LogP contribution in [0.4, 0.5) is 10.1 Å². The number of hydrogen-bond acceptors (Lipinski definition) is 3. The van der Waals surface area contributed by atoms with Gasteiger partial charge in [0.15, 0.2) is 0 Å². The van der Waals surface area contributed by atoms with Gasteiger partial charge in [-0.25, -0.2) is 9.37 Å². The zero-order chi connectivity index (χ0) is 15.0. The van der Waals surface area contributed by atoms with E-state index in [-0.39, 0.29) is 12.1 Å². The summed E-state index contributed by atoms with van der Waals surface area (Å²) in [6, 6.07) is 11.8. The SMILES string of the molecule is Cc1nc2ccccc2n(Cc2ccc(N)cc2F)c1=O. The maximum Gasteiger partial charge on any atom is 0.272 e. The van der Waals surface area contributed by atoms with Crippen LogP contribution in [0.25, 0.3) is 11.0 Å². The summed E-state index contributed by atoms with van der Waals surface area (Å²) in [7, 11) is 0. The topological polar surface area (TPSA) is 60.9 Å². The first-order chi connectivity index (χ1) is 10.1. The lowest BCUT2D eigenvalue weighted by Gasteiger charge is -2.12. The third kappa shape index (κ3) is 2.38. The molecule has 3 rings (SSSR count). The summed E-state index contributed by atoms with van der Waals surface area (Å²) in [5.74, 6) is -0.416. The molecule has 2 N–H and O–H groups in total. The third-order valence-electron chi connectivity index (χ3n) is 3.42. The summed E-state index contributed by atoms with van der Waals surface area (Å²) in [5, 5.41) is 0. The van der Waals surface area contributed by atoms with Crippen LogP contribution in [0.1, 0.15) is 11.3 Å². The van der Waals surface area contributed by atoms with Crippen LogP contribution in [0, 0.1) is 12.7 Å². The number of halogens is 1. The van der Waals surface area contributed by atoms with Gasteiger partial charge in [-0.05, 0) is 31.2 Å². The first kappa shape index (κ1) is 13.3. The van der Waals surface area contributed by atoms with Gasteiger partial charge in [0.1, 0.15) is 11.5 Å². The highest BCUT2D eigenvalue weighted by Gasteiger charge is 2.10. The lowest BCUT2D eigenvalue weighted by atomic mass is 10.2. The van der Waals surface area contributed by atoms with Crippen LogP contribution in [0.5, 0.6) is 0 Å². The molecule has 0 amide bonds. The second kappa shape index (κ2) is 5.01. The third-order valence-corrected chi connectivity index (χ3v) is 3.42. The highest BCUT2D eigenvalue weighted by atomic mass is 19.1. The van der Waals surface area contributed by atoms with E-state index in [0.717, 1.165) is 0 Å². The predicted molar refractivity (Wildman–Crippen MR) is 80.7 cm³/mol. The van der Waals surface area contributed by atoms with Gasteiger partial charge in [0.05, 0.1) is 17.6 Å². The molecule has 0 spiro atoms. The van der Waals surface area contributed by atoms with Crippen LogP contribution in [-0.4, -0.2) is 9.55 Å². The lowest BCUT2D eigenvalue weighted by Crippen LogP contribution is -2.25. The molecule has 5 heteroatoms. The van der Waals surface area contributed by atoms with Gasteiger partial charge in [-0.15, -0.1) is 0 Å². The fourth-order valence-corrected chi connectivity index (χ4v) is 2.34. The van der Waals surface area contributed by atoms with Crippen molar-refractivity contribution in [2.75, 3.05) is 5.73 Å². The Kier molecular flexibility index (Phi) is 3.17. The molecule has 0 radical (unpaired) electrons. The standard InChI is InChI=1S/C16H14FN3O/c1-10-16(21)20(15-5-3-2-4-14(15)19-10)9-11-6-7-12(18)8-13(11)17/h2-8H,9,18H2,1H3. The smallest absolute Gasteiger partial charge is 0.272 e. The van der Waals surface area contributed by atoms with E-state index in [9.17, 15) is 9.18 Å². The average Bonchev–Trinajstić information content (AvgIpc) is 2.46. The van der Waals surface area contributed by atoms with Gasteiger partial charge in [0, 0.05) is 11.3 Å². The van der Waals surface area contributed by atoms with E-state index < -0.39 is 5.82 Å². The van der Waals surface area contributed by atoms with Gasteiger partial charge in [0.25, 0.3) is 5.56 Å². The minimum Gasteiger partial charge on any atom is -0.399 e. The molecule has 0 aliphatic rings. The van der Waals surface area contributed by atoms with E-state index >= 15 is 0 Å². The molecule has 106 valence electrons. The van der Waals surface area contributed by atoms with Crippen molar-refractivity contribution >= 4 is 16.7 Å². The molecule has 2 aromatic carbocycles.